The van der Waals surface area contributed by atoms with Gasteiger partial charge in [0.15, 0.2) is 0 Å². The Bertz CT molecular complexity index is 528. The summed E-state index contributed by atoms with van der Waals surface area (Å²) in [4.78, 5) is 23.0. The number of aromatic nitrogens is 2. The van der Waals surface area contributed by atoms with Gasteiger partial charge in [0.25, 0.3) is 0 Å². The predicted octanol–water partition coefficient (Wildman–Crippen LogP) is 2.94. The van der Waals surface area contributed by atoms with E-state index in [1.54, 1.807) is 12.4 Å². The smallest absolute Gasteiger partial charge is 0.315 e. The molecule has 7 heteroatoms. The Kier molecular flexibility index (Phi) is 5.84. The van der Waals surface area contributed by atoms with Crippen LogP contribution in [-0.4, -0.2) is 40.7 Å². The minimum absolute atomic E-state index is 0.107. The minimum atomic E-state index is -0.229. The number of piperidine rings is 1. The number of carbonyl (C=O) groups is 1. The highest BCUT2D eigenvalue weighted by Crippen LogP contribution is 2.23. The van der Waals surface area contributed by atoms with Crippen molar-refractivity contribution in [1.82, 2.24) is 20.6 Å². The van der Waals surface area contributed by atoms with Gasteiger partial charge in [0.2, 0.25) is 5.95 Å². The van der Waals surface area contributed by atoms with E-state index >= 15 is 0 Å². The van der Waals surface area contributed by atoms with Crippen molar-refractivity contribution in [1.29, 1.82) is 0 Å². The van der Waals surface area contributed by atoms with Crippen LogP contribution < -0.4 is 15.5 Å². The Balaban J connectivity index is 1.92. The van der Waals surface area contributed by atoms with Gasteiger partial charge in [-0.15, -0.1) is 0 Å². The van der Waals surface area contributed by atoms with Crippen LogP contribution in [0.25, 0.3) is 0 Å². The fourth-order valence-electron chi connectivity index (χ4n) is 2.77. The second-order valence-corrected chi connectivity index (χ2v) is 8.10. The quantitative estimate of drug-likeness (QED) is 0.841. The molecule has 2 heterocycles. The number of halogens is 1. The summed E-state index contributed by atoms with van der Waals surface area (Å²) in [6, 6.07) is -0.00221. The Morgan fingerprint density at radius 1 is 1.39 bits per heavy atom. The summed E-state index contributed by atoms with van der Waals surface area (Å²) in [6.07, 6.45) is 5.72. The molecule has 6 nitrogen and oxygen atoms in total. The van der Waals surface area contributed by atoms with Crippen molar-refractivity contribution in [3.8, 4) is 0 Å². The van der Waals surface area contributed by atoms with Crippen molar-refractivity contribution in [2.75, 3.05) is 18.0 Å². The number of carbonyl (C=O) groups excluding carboxylic acids is 1. The van der Waals surface area contributed by atoms with Crippen molar-refractivity contribution in [3.63, 3.8) is 0 Å². The molecule has 1 fully saturated rings. The van der Waals surface area contributed by atoms with Gasteiger partial charge in [-0.1, -0.05) is 0 Å². The third kappa shape index (κ3) is 5.64. The highest BCUT2D eigenvalue weighted by Gasteiger charge is 2.27. The lowest BCUT2D eigenvalue weighted by Crippen LogP contribution is -2.52. The standard InChI is InChI=1S/C16H26BrN5O/c1-11(20-15(23)21-16(2,3)4)12-6-5-7-22(10-12)14-18-8-13(17)9-19-14/h8-9,11-12H,5-7,10H2,1-4H3,(H2,20,21,23)/t11-,12+/m1/s1. The number of anilines is 1. The predicted molar refractivity (Wildman–Crippen MR) is 95.6 cm³/mol. The first-order valence-electron chi connectivity index (χ1n) is 8.06. The molecule has 1 aromatic rings. The third-order valence-corrected chi connectivity index (χ3v) is 4.31. The lowest BCUT2D eigenvalue weighted by atomic mass is 9.92. The third-order valence-electron chi connectivity index (χ3n) is 3.90. The maximum atomic E-state index is 12.0. The van der Waals surface area contributed by atoms with Crippen LogP contribution in [0, 0.1) is 5.92 Å². The maximum absolute atomic E-state index is 12.0. The first kappa shape index (κ1) is 18.0. The molecule has 128 valence electrons. The summed E-state index contributed by atoms with van der Waals surface area (Å²) in [7, 11) is 0. The highest BCUT2D eigenvalue weighted by molar-refractivity contribution is 9.10. The maximum Gasteiger partial charge on any atom is 0.315 e. The molecule has 0 aliphatic carbocycles. The Morgan fingerprint density at radius 2 is 2.04 bits per heavy atom. The van der Waals surface area contributed by atoms with Crippen LogP contribution in [0.4, 0.5) is 10.7 Å². The van der Waals surface area contributed by atoms with E-state index in [0.717, 1.165) is 36.4 Å². The van der Waals surface area contributed by atoms with Gasteiger partial charge in [-0.05, 0) is 62.4 Å². The normalized spacial score (nSPS) is 20.0. The molecular formula is C16H26BrN5O. The van der Waals surface area contributed by atoms with Gasteiger partial charge in [-0.2, -0.15) is 0 Å². The van der Waals surface area contributed by atoms with Gasteiger partial charge in [0.05, 0.1) is 4.47 Å². The zero-order valence-electron chi connectivity index (χ0n) is 14.3. The van der Waals surface area contributed by atoms with Gasteiger partial charge in [0, 0.05) is 37.1 Å². The van der Waals surface area contributed by atoms with E-state index in [4.69, 9.17) is 0 Å². The summed E-state index contributed by atoms with van der Waals surface area (Å²) in [5.74, 6) is 1.14. The van der Waals surface area contributed by atoms with Crippen LogP contribution in [0.2, 0.25) is 0 Å². The molecule has 0 unspecified atom stereocenters. The zero-order valence-corrected chi connectivity index (χ0v) is 15.9. The Morgan fingerprint density at radius 3 is 2.65 bits per heavy atom. The van der Waals surface area contributed by atoms with Crippen molar-refractivity contribution in [3.05, 3.63) is 16.9 Å². The molecular weight excluding hydrogens is 358 g/mol. The topological polar surface area (TPSA) is 70.2 Å². The second kappa shape index (κ2) is 7.47. The van der Waals surface area contributed by atoms with Crippen LogP contribution in [0.15, 0.2) is 16.9 Å². The molecule has 1 aliphatic rings. The molecule has 1 saturated heterocycles. The molecule has 0 aromatic carbocycles. The average Bonchev–Trinajstić information content (AvgIpc) is 2.46. The van der Waals surface area contributed by atoms with Gasteiger partial charge >= 0.3 is 6.03 Å². The van der Waals surface area contributed by atoms with Crippen molar-refractivity contribution in [2.45, 2.75) is 52.1 Å². The van der Waals surface area contributed by atoms with Crippen LogP contribution in [-0.2, 0) is 0 Å². The van der Waals surface area contributed by atoms with E-state index < -0.39 is 0 Å². The van der Waals surface area contributed by atoms with E-state index in [2.05, 4.69) is 48.4 Å². The van der Waals surface area contributed by atoms with Crippen LogP contribution >= 0.6 is 15.9 Å². The summed E-state index contributed by atoms with van der Waals surface area (Å²) in [5.41, 5.74) is -0.229. The van der Waals surface area contributed by atoms with E-state index in [1.165, 1.54) is 0 Å². The Labute approximate surface area is 146 Å². The molecule has 2 N–H and O–H groups in total. The van der Waals surface area contributed by atoms with Crippen molar-refractivity contribution < 1.29 is 4.79 Å². The van der Waals surface area contributed by atoms with Crippen molar-refractivity contribution >= 4 is 27.9 Å². The van der Waals surface area contributed by atoms with E-state index in [0.29, 0.717) is 5.92 Å². The highest BCUT2D eigenvalue weighted by atomic mass is 79.9. The SMILES string of the molecule is C[C@@H](NC(=O)NC(C)(C)C)[C@H]1CCCN(c2ncc(Br)cn2)C1. The fourth-order valence-corrected chi connectivity index (χ4v) is 2.97. The van der Waals surface area contributed by atoms with Crippen molar-refractivity contribution in [2.24, 2.45) is 5.92 Å². The average molecular weight is 384 g/mol. The first-order valence-corrected chi connectivity index (χ1v) is 8.85. The zero-order chi connectivity index (χ0) is 17.0. The number of nitrogens with zero attached hydrogens (tertiary/aromatic N) is 3. The molecule has 0 radical (unpaired) electrons. The second-order valence-electron chi connectivity index (χ2n) is 7.19. The van der Waals surface area contributed by atoms with Gasteiger partial charge in [-0.3, -0.25) is 0 Å². The largest absolute Gasteiger partial charge is 0.340 e. The molecule has 0 spiro atoms. The molecule has 0 saturated carbocycles. The summed E-state index contributed by atoms with van der Waals surface area (Å²) >= 11 is 3.36. The number of hydrogen-bond acceptors (Lipinski definition) is 4. The van der Waals surface area contributed by atoms with Crippen LogP contribution in [0.5, 0.6) is 0 Å². The van der Waals surface area contributed by atoms with Crippen LogP contribution in [0.1, 0.15) is 40.5 Å². The summed E-state index contributed by atoms with van der Waals surface area (Å²) < 4.78 is 0.878. The van der Waals surface area contributed by atoms with E-state index in [9.17, 15) is 4.79 Å². The number of nitrogens with one attached hydrogen (secondary N) is 2. The number of hydrogen-bond donors (Lipinski definition) is 2. The lowest BCUT2D eigenvalue weighted by molar-refractivity contribution is 0.221. The monoisotopic (exact) mass is 383 g/mol. The van der Waals surface area contributed by atoms with Gasteiger partial charge in [0.1, 0.15) is 0 Å². The van der Waals surface area contributed by atoms with Gasteiger partial charge in [-0.25, -0.2) is 14.8 Å². The number of rotatable bonds is 3. The molecule has 2 rings (SSSR count). The molecule has 1 aliphatic heterocycles. The van der Waals surface area contributed by atoms with Crippen LogP contribution in [0.3, 0.4) is 0 Å². The van der Waals surface area contributed by atoms with E-state index in [1.807, 2.05) is 20.8 Å². The van der Waals surface area contributed by atoms with E-state index in [-0.39, 0.29) is 17.6 Å². The summed E-state index contributed by atoms with van der Waals surface area (Å²) in [5, 5.41) is 6.01. The molecule has 0 bridgehead atoms. The molecule has 2 atom stereocenters. The van der Waals surface area contributed by atoms with Gasteiger partial charge < -0.3 is 15.5 Å². The Hall–Kier alpha value is -1.37. The minimum Gasteiger partial charge on any atom is -0.340 e. The molecule has 2 amide bonds. The number of amides is 2. The molecule has 1 aromatic heterocycles. The summed E-state index contributed by atoms with van der Waals surface area (Å²) in [6.45, 7) is 9.82. The first-order chi connectivity index (χ1) is 10.7. The fraction of sp³-hybridized carbons (Fsp3) is 0.688. The number of urea groups is 1. The molecule has 23 heavy (non-hydrogen) atoms. The lowest BCUT2D eigenvalue weighted by Gasteiger charge is -2.36.